The number of urea groups is 1. The summed E-state index contributed by atoms with van der Waals surface area (Å²) >= 11 is 6.53. The molecule has 2 amide bonds. The first kappa shape index (κ1) is 29.1. The fraction of sp³-hybridized carbons (Fsp3) is 0.433. The van der Waals surface area contributed by atoms with Crippen LogP contribution in [-0.2, 0) is 37.9 Å². The molecule has 2 saturated heterocycles. The highest BCUT2D eigenvalue weighted by Crippen LogP contribution is 2.37. The van der Waals surface area contributed by atoms with E-state index in [9.17, 15) is 9.59 Å². The molecule has 2 aliphatic heterocycles. The van der Waals surface area contributed by atoms with Crippen LogP contribution in [0.3, 0.4) is 0 Å². The number of piperazine rings is 1. The predicted molar refractivity (Wildman–Crippen MR) is 155 cm³/mol. The molecule has 3 heterocycles. The second-order valence-electron chi connectivity index (χ2n) is 10.2. The molecule has 41 heavy (non-hydrogen) atoms. The standard InChI is InChI=1S/C30H36ClN5O5/c1-2-25(37)17-33-29(38)36-15-13-35(14-16-36)24-9-7-23(8-10-24)18-39-26-19-40-30(41-20-26,21-34-12-11-32-22-34)27-5-3-4-6-28(27)31/h3-12,22,26H,2,13-21H2,1H3,(H,33,38). The lowest BCUT2D eigenvalue weighted by Crippen LogP contribution is -2.52. The Morgan fingerprint density at radius 3 is 2.46 bits per heavy atom. The molecular formula is C30H36ClN5O5. The smallest absolute Gasteiger partial charge is 0.317 e. The van der Waals surface area contributed by atoms with Gasteiger partial charge in [0.2, 0.25) is 5.79 Å². The highest BCUT2D eigenvalue weighted by Gasteiger charge is 2.41. The quantitative estimate of drug-likeness (QED) is 0.388. The number of ether oxygens (including phenoxy) is 3. The topological polar surface area (TPSA) is 98.2 Å². The minimum absolute atomic E-state index is 0.0282. The second kappa shape index (κ2) is 13.5. The van der Waals surface area contributed by atoms with Gasteiger partial charge in [-0.25, -0.2) is 9.78 Å². The van der Waals surface area contributed by atoms with Crippen molar-refractivity contribution in [2.75, 3.05) is 50.8 Å². The summed E-state index contributed by atoms with van der Waals surface area (Å²) in [4.78, 5) is 31.9. The Morgan fingerprint density at radius 1 is 1.07 bits per heavy atom. The van der Waals surface area contributed by atoms with E-state index in [1.165, 1.54) is 0 Å². The minimum Gasteiger partial charge on any atom is -0.369 e. The van der Waals surface area contributed by atoms with Crippen molar-refractivity contribution in [2.45, 2.75) is 38.4 Å². The Labute approximate surface area is 245 Å². The number of Topliss-reactive ketones (excluding diaryl/α,β-unsaturated/α-hetero) is 1. The third-order valence-corrected chi connectivity index (χ3v) is 7.75. The SMILES string of the molecule is CCC(=O)CNC(=O)N1CCN(c2ccc(COC3COC(Cn4ccnc4)(c4ccccc4Cl)OC3)cc2)CC1. The predicted octanol–water partition coefficient (Wildman–Crippen LogP) is 3.83. The Balaban J connectivity index is 1.10. The number of nitrogens with zero attached hydrogens (tertiary/aromatic N) is 4. The van der Waals surface area contributed by atoms with Crippen molar-refractivity contribution >= 4 is 29.1 Å². The number of rotatable bonds is 10. The molecule has 11 heteroatoms. The number of hydrogen-bond acceptors (Lipinski definition) is 7. The first-order chi connectivity index (χ1) is 20.0. The van der Waals surface area contributed by atoms with Crippen LogP contribution >= 0.6 is 11.6 Å². The Morgan fingerprint density at radius 2 is 1.80 bits per heavy atom. The monoisotopic (exact) mass is 581 g/mol. The maximum Gasteiger partial charge on any atom is 0.317 e. The van der Waals surface area contributed by atoms with Gasteiger partial charge in [0.25, 0.3) is 0 Å². The van der Waals surface area contributed by atoms with Gasteiger partial charge in [0, 0.05) is 61.3 Å². The van der Waals surface area contributed by atoms with Crippen molar-refractivity contribution in [1.82, 2.24) is 19.8 Å². The van der Waals surface area contributed by atoms with Crippen LogP contribution in [0.5, 0.6) is 0 Å². The molecular weight excluding hydrogens is 546 g/mol. The van der Waals surface area contributed by atoms with E-state index in [0.29, 0.717) is 50.9 Å². The van der Waals surface area contributed by atoms with E-state index in [0.717, 1.165) is 29.9 Å². The van der Waals surface area contributed by atoms with Gasteiger partial charge in [-0.05, 0) is 23.8 Å². The number of anilines is 1. The molecule has 218 valence electrons. The van der Waals surface area contributed by atoms with E-state index in [1.54, 1.807) is 24.3 Å². The van der Waals surface area contributed by atoms with Crippen LogP contribution in [0.4, 0.5) is 10.5 Å². The van der Waals surface area contributed by atoms with Gasteiger partial charge in [0.15, 0.2) is 5.78 Å². The van der Waals surface area contributed by atoms with Gasteiger partial charge >= 0.3 is 6.03 Å². The number of ketones is 1. The van der Waals surface area contributed by atoms with Crippen molar-refractivity contribution in [3.05, 3.63) is 83.4 Å². The lowest BCUT2D eigenvalue weighted by molar-refractivity contribution is -0.313. The summed E-state index contributed by atoms with van der Waals surface area (Å²) in [7, 11) is 0. The molecule has 10 nitrogen and oxygen atoms in total. The summed E-state index contributed by atoms with van der Waals surface area (Å²) in [5.41, 5.74) is 2.93. The zero-order chi connectivity index (χ0) is 28.7. The Bertz CT molecular complexity index is 1290. The maximum atomic E-state index is 12.3. The molecule has 1 N–H and O–H groups in total. The van der Waals surface area contributed by atoms with Gasteiger partial charge < -0.3 is 33.9 Å². The van der Waals surface area contributed by atoms with Crippen molar-refractivity contribution in [3.63, 3.8) is 0 Å². The number of imidazole rings is 1. The van der Waals surface area contributed by atoms with Crippen LogP contribution < -0.4 is 10.2 Å². The molecule has 0 unspecified atom stereocenters. The Hall–Kier alpha value is -3.44. The number of hydrogen-bond donors (Lipinski definition) is 1. The van der Waals surface area contributed by atoms with E-state index in [-0.39, 0.29) is 24.5 Å². The van der Waals surface area contributed by atoms with E-state index in [1.807, 2.05) is 35.0 Å². The molecule has 0 aliphatic carbocycles. The first-order valence-electron chi connectivity index (χ1n) is 13.9. The van der Waals surface area contributed by atoms with Crippen molar-refractivity contribution < 1.29 is 23.8 Å². The van der Waals surface area contributed by atoms with Crippen LogP contribution in [0.15, 0.2) is 67.3 Å². The van der Waals surface area contributed by atoms with Gasteiger partial charge in [0.1, 0.15) is 6.10 Å². The van der Waals surface area contributed by atoms with E-state index >= 15 is 0 Å². The Kier molecular flexibility index (Phi) is 9.56. The van der Waals surface area contributed by atoms with Crippen molar-refractivity contribution in [2.24, 2.45) is 0 Å². The summed E-state index contributed by atoms with van der Waals surface area (Å²) in [6.45, 7) is 6.13. The number of halogens is 1. The summed E-state index contributed by atoms with van der Waals surface area (Å²) in [6, 6.07) is 15.7. The largest absolute Gasteiger partial charge is 0.369 e. The number of nitrogens with one attached hydrogen (secondary N) is 1. The average molecular weight is 582 g/mol. The molecule has 0 radical (unpaired) electrons. The zero-order valence-electron chi connectivity index (χ0n) is 23.2. The molecule has 0 saturated carbocycles. The fourth-order valence-corrected chi connectivity index (χ4v) is 5.24. The van der Waals surface area contributed by atoms with Gasteiger partial charge in [-0.2, -0.15) is 0 Å². The van der Waals surface area contributed by atoms with E-state index in [4.69, 9.17) is 25.8 Å². The third kappa shape index (κ3) is 7.26. The number of carbonyl (C=O) groups excluding carboxylic acids is 2. The molecule has 5 rings (SSSR count). The lowest BCUT2D eigenvalue weighted by Gasteiger charge is -2.40. The normalized spacial score (nSPS) is 21.1. The van der Waals surface area contributed by atoms with Crippen LogP contribution in [0.1, 0.15) is 24.5 Å². The highest BCUT2D eigenvalue weighted by molar-refractivity contribution is 6.31. The summed E-state index contributed by atoms with van der Waals surface area (Å²) in [5.74, 6) is -1.00. The van der Waals surface area contributed by atoms with E-state index < -0.39 is 5.79 Å². The third-order valence-electron chi connectivity index (χ3n) is 7.42. The van der Waals surface area contributed by atoms with Crippen LogP contribution in [-0.4, -0.2) is 78.3 Å². The summed E-state index contributed by atoms with van der Waals surface area (Å²) < 4.78 is 20.7. The number of benzene rings is 2. The van der Waals surface area contributed by atoms with Gasteiger partial charge in [-0.15, -0.1) is 0 Å². The molecule has 0 bridgehead atoms. The number of carbonyl (C=O) groups is 2. The molecule has 0 atom stereocenters. The zero-order valence-corrected chi connectivity index (χ0v) is 24.0. The van der Waals surface area contributed by atoms with Gasteiger partial charge in [-0.1, -0.05) is 48.9 Å². The second-order valence-corrected chi connectivity index (χ2v) is 10.6. The molecule has 3 aromatic rings. The molecule has 2 fully saturated rings. The lowest BCUT2D eigenvalue weighted by atomic mass is 10.0. The number of aromatic nitrogens is 2. The van der Waals surface area contributed by atoms with Crippen LogP contribution in [0, 0.1) is 0 Å². The van der Waals surface area contributed by atoms with Gasteiger partial charge in [-0.3, -0.25) is 4.79 Å². The van der Waals surface area contributed by atoms with Crippen LogP contribution in [0.2, 0.25) is 5.02 Å². The number of amides is 2. The fourth-order valence-electron chi connectivity index (χ4n) is 4.96. The molecule has 2 aliphatic rings. The first-order valence-corrected chi connectivity index (χ1v) is 14.3. The summed E-state index contributed by atoms with van der Waals surface area (Å²) in [5, 5.41) is 3.29. The minimum atomic E-state index is -1.03. The molecule has 1 aromatic heterocycles. The molecule has 0 spiro atoms. The van der Waals surface area contributed by atoms with Crippen molar-refractivity contribution in [1.29, 1.82) is 0 Å². The maximum absolute atomic E-state index is 12.3. The van der Waals surface area contributed by atoms with Crippen LogP contribution in [0.25, 0.3) is 0 Å². The highest BCUT2D eigenvalue weighted by atomic mass is 35.5. The van der Waals surface area contributed by atoms with Crippen molar-refractivity contribution in [3.8, 4) is 0 Å². The summed E-state index contributed by atoms with van der Waals surface area (Å²) in [6.07, 6.45) is 5.52. The molecule has 2 aromatic carbocycles. The average Bonchev–Trinajstić information content (AvgIpc) is 3.53. The van der Waals surface area contributed by atoms with Gasteiger partial charge in [0.05, 0.1) is 39.2 Å². The van der Waals surface area contributed by atoms with E-state index in [2.05, 4.69) is 39.5 Å².